The van der Waals surface area contributed by atoms with Crippen molar-refractivity contribution in [2.45, 2.75) is 12.6 Å². The van der Waals surface area contributed by atoms with Crippen LogP contribution in [0.1, 0.15) is 22.7 Å². The number of carbonyl (C=O) groups is 1. The molecule has 1 aliphatic rings. The number of nitrogens with zero attached hydrogens (tertiary/aromatic N) is 4. The Hall–Kier alpha value is -3.26. The Balaban J connectivity index is 1.61. The number of ether oxygens (including phenoxy) is 1. The highest BCUT2D eigenvalue weighted by atomic mass is 79.9. The van der Waals surface area contributed by atoms with Gasteiger partial charge in [-0.3, -0.25) is 9.69 Å². The van der Waals surface area contributed by atoms with E-state index >= 15 is 0 Å². The first-order valence-corrected chi connectivity index (χ1v) is 13.7. The van der Waals surface area contributed by atoms with Crippen molar-refractivity contribution in [3.05, 3.63) is 106 Å². The first-order chi connectivity index (χ1) is 18.5. The van der Waals surface area contributed by atoms with Crippen LogP contribution in [0.5, 0.6) is 5.88 Å². The highest BCUT2D eigenvalue weighted by Gasteiger charge is 2.30. The van der Waals surface area contributed by atoms with Crippen molar-refractivity contribution in [1.82, 2.24) is 19.7 Å². The van der Waals surface area contributed by atoms with Gasteiger partial charge in [0.1, 0.15) is 0 Å². The quantitative estimate of drug-likeness (QED) is 0.284. The molecule has 2 heterocycles. The molecule has 1 aromatic heterocycles. The molecule has 6 nitrogen and oxygen atoms in total. The standard InChI is InChI=1S/C31H33BrN4O2/c1-34-16-18-35(19-17-34)28(37)22-36(21-23-10-5-3-6-11-23)30(24-12-7-4-8-13-24)26-20-25-14-9-15-27(32)29(25)33-31(26)38-2/h3-15,20,30H,16-19,21-22H2,1-2H3. The van der Waals surface area contributed by atoms with E-state index in [4.69, 9.17) is 9.72 Å². The summed E-state index contributed by atoms with van der Waals surface area (Å²) in [5.74, 6) is 0.703. The number of benzene rings is 3. The summed E-state index contributed by atoms with van der Waals surface area (Å²) < 4.78 is 6.80. The molecule has 38 heavy (non-hydrogen) atoms. The fraction of sp³-hybridized carbons (Fsp3) is 0.290. The van der Waals surface area contributed by atoms with Crippen molar-refractivity contribution in [3.63, 3.8) is 0 Å². The largest absolute Gasteiger partial charge is 0.481 e. The number of amides is 1. The van der Waals surface area contributed by atoms with Gasteiger partial charge >= 0.3 is 0 Å². The predicted molar refractivity (Wildman–Crippen MR) is 155 cm³/mol. The number of rotatable bonds is 8. The first-order valence-electron chi connectivity index (χ1n) is 13.0. The monoisotopic (exact) mass is 572 g/mol. The highest BCUT2D eigenvalue weighted by molar-refractivity contribution is 9.10. The highest BCUT2D eigenvalue weighted by Crippen LogP contribution is 2.38. The van der Waals surface area contributed by atoms with Gasteiger partial charge in [-0.25, -0.2) is 4.98 Å². The molecule has 5 rings (SSSR count). The molecule has 3 aromatic carbocycles. The SMILES string of the molecule is COc1nc2c(Br)cccc2cc1C(c1ccccc1)N(CC(=O)N1CCN(C)CC1)Cc1ccccc1. The van der Waals surface area contributed by atoms with Gasteiger partial charge in [0, 0.05) is 48.1 Å². The molecule has 1 unspecified atom stereocenters. The molecule has 1 atom stereocenters. The molecule has 0 saturated carbocycles. The summed E-state index contributed by atoms with van der Waals surface area (Å²) in [6.45, 7) is 4.18. The molecular formula is C31H33BrN4O2. The van der Waals surface area contributed by atoms with Gasteiger partial charge in [0.15, 0.2) is 0 Å². The first kappa shape index (κ1) is 26.4. The maximum Gasteiger partial charge on any atom is 0.236 e. The van der Waals surface area contributed by atoms with Gasteiger partial charge in [-0.1, -0.05) is 72.8 Å². The van der Waals surface area contributed by atoms with Gasteiger partial charge < -0.3 is 14.5 Å². The van der Waals surface area contributed by atoms with Crippen LogP contribution in [0.4, 0.5) is 0 Å². The molecule has 1 amide bonds. The molecule has 1 fully saturated rings. The van der Waals surface area contributed by atoms with Crippen molar-refractivity contribution >= 4 is 32.7 Å². The van der Waals surface area contributed by atoms with Gasteiger partial charge in [0.25, 0.3) is 0 Å². The minimum Gasteiger partial charge on any atom is -0.481 e. The van der Waals surface area contributed by atoms with Crippen LogP contribution < -0.4 is 4.74 Å². The molecular weight excluding hydrogens is 540 g/mol. The van der Waals surface area contributed by atoms with Gasteiger partial charge in [0.05, 0.1) is 25.2 Å². The number of aromatic nitrogens is 1. The number of halogens is 1. The Kier molecular flexibility index (Phi) is 8.37. The van der Waals surface area contributed by atoms with E-state index in [2.05, 4.69) is 69.2 Å². The van der Waals surface area contributed by atoms with E-state index in [1.54, 1.807) is 7.11 Å². The fourth-order valence-electron chi connectivity index (χ4n) is 5.13. The maximum absolute atomic E-state index is 13.7. The lowest BCUT2D eigenvalue weighted by atomic mass is 9.95. The molecule has 1 aliphatic heterocycles. The van der Waals surface area contributed by atoms with E-state index in [-0.39, 0.29) is 18.5 Å². The Bertz CT molecular complexity index is 1380. The van der Waals surface area contributed by atoms with Gasteiger partial charge in [0.2, 0.25) is 11.8 Å². The number of fused-ring (bicyclic) bond motifs is 1. The number of hydrogen-bond donors (Lipinski definition) is 0. The number of pyridine rings is 1. The van der Waals surface area contributed by atoms with Crippen LogP contribution in [0, 0.1) is 0 Å². The second-order valence-corrected chi connectivity index (χ2v) is 10.6. The van der Waals surface area contributed by atoms with Crippen LogP contribution in [-0.4, -0.2) is 72.5 Å². The molecule has 196 valence electrons. The summed E-state index contributed by atoms with van der Waals surface area (Å²) in [5.41, 5.74) is 4.02. The predicted octanol–water partition coefficient (Wildman–Crippen LogP) is 5.37. The molecule has 0 spiro atoms. The average molecular weight is 574 g/mol. The summed E-state index contributed by atoms with van der Waals surface area (Å²) in [6, 6.07) is 28.7. The van der Waals surface area contributed by atoms with E-state index < -0.39 is 0 Å². The third-order valence-electron chi connectivity index (χ3n) is 7.18. The Morgan fingerprint density at radius 3 is 2.34 bits per heavy atom. The third kappa shape index (κ3) is 5.90. The zero-order valence-electron chi connectivity index (χ0n) is 21.9. The molecule has 4 aromatic rings. The minimum absolute atomic E-state index is 0.144. The summed E-state index contributed by atoms with van der Waals surface area (Å²) in [5, 5.41) is 1.01. The fourth-order valence-corrected chi connectivity index (χ4v) is 5.60. The lowest BCUT2D eigenvalue weighted by Crippen LogP contribution is -2.50. The third-order valence-corrected chi connectivity index (χ3v) is 7.82. The number of hydrogen-bond acceptors (Lipinski definition) is 5. The van der Waals surface area contributed by atoms with Gasteiger partial charge in [-0.2, -0.15) is 0 Å². The second kappa shape index (κ2) is 12.1. The van der Waals surface area contributed by atoms with E-state index in [1.165, 1.54) is 0 Å². The van der Waals surface area contributed by atoms with Crippen molar-refractivity contribution in [3.8, 4) is 5.88 Å². The molecule has 1 saturated heterocycles. The molecule has 0 aliphatic carbocycles. The number of carbonyl (C=O) groups excluding carboxylic acids is 1. The van der Waals surface area contributed by atoms with Crippen LogP contribution in [-0.2, 0) is 11.3 Å². The summed E-state index contributed by atoms with van der Waals surface area (Å²) in [7, 11) is 3.76. The maximum atomic E-state index is 13.7. The van der Waals surface area contributed by atoms with Crippen LogP contribution in [0.3, 0.4) is 0 Å². The number of para-hydroxylation sites is 1. The lowest BCUT2D eigenvalue weighted by molar-refractivity contribution is -0.134. The summed E-state index contributed by atoms with van der Waals surface area (Å²) in [4.78, 5) is 25.1. The van der Waals surface area contributed by atoms with Crippen molar-refractivity contribution in [2.75, 3.05) is 46.9 Å². The smallest absolute Gasteiger partial charge is 0.236 e. The van der Waals surface area contributed by atoms with Crippen LogP contribution in [0.15, 0.2) is 89.4 Å². The minimum atomic E-state index is -0.237. The second-order valence-electron chi connectivity index (χ2n) is 9.79. The topological polar surface area (TPSA) is 48.9 Å². The van der Waals surface area contributed by atoms with Crippen LogP contribution in [0.2, 0.25) is 0 Å². The molecule has 0 radical (unpaired) electrons. The van der Waals surface area contributed by atoms with E-state index in [1.807, 2.05) is 53.4 Å². The van der Waals surface area contributed by atoms with Gasteiger partial charge in [-0.05, 0) is 46.2 Å². The van der Waals surface area contributed by atoms with Gasteiger partial charge in [-0.15, -0.1) is 0 Å². The van der Waals surface area contributed by atoms with Crippen LogP contribution >= 0.6 is 15.9 Å². The number of likely N-dealkylation sites (N-methyl/N-ethyl adjacent to an activating group) is 1. The summed E-state index contributed by atoms with van der Waals surface area (Å²) in [6.07, 6.45) is 0. The normalized spacial score (nSPS) is 15.1. The molecule has 0 bridgehead atoms. The number of piperazine rings is 1. The van der Waals surface area contributed by atoms with Crippen molar-refractivity contribution in [1.29, 1.82) is 0 Å². The lowest BCUT2D eigenvalue weighted by Gasteiger charge is -2.37. The summed E-state index contributed by atoms with van der Waals surface area (Å²) >= 11 is 3.64. The zero-order chi connectivity index (χ0) is 26.5. The molecule has 0 N–H and O–H groups in total. The Morgan fingerprint density at radius 2 is 1.66 bits per heavy atom. The molecule has 7 heteroatoms. The van der Waals surface area contributed by atoms with E-state index in [0.717, 1.165) is 58.2 Å². The Morgan fingerprint density at radius 1 is 0.974 bits per heavy atom. The van der Waals surface area contributed by atoms with Crippen molar-refractivity contribution < 1.29 is 9.53 Å². The zero-order valence-corrected chi connectivity index (χ0v) is 23.5. The van der Waals surface area contributed by atoms with E-state index in [9.17, 15) is 4.79 Å². The Labute approximate surface area is 233 Å². The average Bonchev–Trinajstić information content (AvgIpc) is 2.94. The van der Waals surface area contributed by atoms with E-state index in [0.29, 0.717) is 12.4 Å². The number of methoxy groups -OCH3 is 1. The van der Waals surface area contributed by atoms with Crippen LogP contribution in [0.25, 0.3) is 10.9 Å². The van der Waals surface area contributed by atoms with Crippen molar-refractivity contribution in [2.24, 2.45) is 0 Å².